The van der Waals surface area contributed by atoms with Crippen LogP contribution < -0.4 is 5.32 Å². The number of piperidine rings is 1. The summed E-state index contributed by atoms with van der Waals surface area (Å²) in [5.74, 6) is 0. The fraction of sp³-hybridized carbons (Fsp3) is 0.778. The Bertz CT molecular complexity index is 248. The minimum Gasteiger partial charge on any atom is -0.336 e. The van der Waals surface area contributed by atoms with Gasteiger partial charge in [-0.3, -0.25) is 0 Å². The van der Waals surface area contributed by atoms with Gasteiger partial charge in [-0.15, -0.1) is 0 Å². The van der Waals surface area contributed by atoms with Gasteiger partial charge < -0.3 is 10.2 Å². The lowest BCUT2D eigenvalue weighted by molar-refractivity contribution is 0.155. The van der Waals surface area contributed by atoms with Crippen molar-refractivity contribution >= 4 is 12.1 Å². The molecule has 0 bridgehead atoms. The molecular formula is C9H15N3O2. The van der Waals surface area contributed by atoms with E-state index in [0.717, 1.165) is 25.9 Å². The standard InChI is InChI=1S/C9H15N3O2/c13-8-10-4-7-12(8)9(14)11-5-2-1-3-6-11/h1-7H2,(H,10,13). The Balaban J connectivity index is 1.96. The van der Waals surface area contributed by atoms with Crippen LogP contribution in [0.4, 0.5) is 9.59 Å². The maximum absolute atomic E-state index is 11.8. The van der Waals surface area contributed by atoms with Crippen LogP contribution in [0, 0.1) is 0 Å². The maximum Gasteiger partial charge on any atom is 0.328 e. The largest absolute Gasteiger partial charge is 0.336 e. The van der Waals surface area contributed by atoms with Crippen molar-refractivity contribution in [3.05, 3.63) is 0 Å². The molecule has 2 aliphatic heterocycles. The molecule has 0 spiro atoms. The summed E-state index contributed by atoms with van der Waals surface area (Å²) in [5, 5.41) is 2.63. The second-order valence-electron chi connectivity index (χ2n) is 3.71. The Labute approximate surface area is 83.0 Å². The van der Waals surface area contributed by atoms with Crippen molar-refractivity contribution in [2.75, 3.05) is 26.2 Å². The number of amides is 4. The third kappa shape index (κ3) is 1.66. The summed E-state index contributed by atoms with van der Waals surface area (Å²) in [6, 6.07) is -0.375. The first-order valence-corrected chi connectivity index (χ1v) is 5.13. The van der Waals surface area contributed by atoms with E-state index >= 15 is 0 Å². The van der Waals surface area contributed by atoms with Crippen LogP contribution in [0.1, 0.15) is 19.3 Å². The minimum absolute atomic E-state index is 0.125. The van der Waals surface area contributed by atoms with Crippen molar-refractivity contribution in [2.45, 2.75) is 19.3 Å². The number of nitrogens with one attached hydrogen (secondary N) is 1. The van der Waals surface area contributed by atoms with Crippen molar-refractivity contribution in [2.24, 2.45) is 0 Å². The SMILES string of the molecule is O=C1NCCN1C(=O)N1CCCCC1. The van der Waals surface area contributed by atoms with Crippen LogP contribution in [0.2, 0.25) is 0 Å². The van der Waals surface area contributed by atoms with Gasteiger partial charge in [0, 0.05) is 26.2 Å². The molecule has 5 heteroatoms. The summed E-state index contributed by atoms with van der Waals surface area (Å²) < 4.78 is 0. The monoisotopic (exact) mass is 197 g/mol. The first-order valence-electron chi connectivity index (χ1n) is 5.13. The van der Waals surface area contributed by atoms with Gasteiger partial charge in [0.1, 0.15) is 0 Å². The number of hydrogen-bond donors (Lipinski definition) is 1. The van der Waals surface area contributed by atoms with E-state index in [2.05, 4.69) is 5.32 Å². The highest BCUT2D eigenvalue weighted by Crippen LogP contribution is 2.12. The maximum atomic E-state index is 11.8. The van der Waals surface area contributed by atoms with Crippen molar-refractivity contribution in [1.29, 1.82) is 0 Å². The summed E-state index contributed by atoms with van der Waals surface area (Å²) in [4.78, 5) is 26.1. The fourth-order valence-corrected chi connectivity index (χ4v) is 1.91. The normalized spacial score (nSPS) is 22.4. The van der Waals surface area contributed by atoms with Crippen LogP contribution in [0.15, 0.2) is 0 Å². The molecule has 0 saturated carbocycles. The number of rotatable bonds is 0. The lowest BCUT2D eigenvalue weighted by atomic mass is 10.1. The molecule has 0 aliphatic carbocycles. The zero-order valence-corrected chi connectivity index (χ0v) is 8.16. The van der Waals surface area contributed by atoms with Crippen LogP contribution in [0.5, 0.6) is 0 Å². The van der Waals surface area contributed by atoms with Gasteiger partial charge in [0.25, 0.3) is 0 Å². The van der Waals surface area contributed by atoms with E-state index in [1.165, 1.54) is 11.3 Å². The average Bonchev–Trinajstić information content (AvgIpc) is 2.65. The number of urea groups is 2. The van der Waals surface area contributed by atoms with Crippen LogP contribution in [0.25, 0.3) is 0 Å². The highest BCUT2D eigenvalue weighted by atomic mass is 16.2. The Morgan fingerprint density at radius 1 is 1.14 bits per heavy atom. The highest BCUT2D eigenvalue weighted by Gasteiger charge is 2.30. The van der Waals surface area contributed by atoms with Gasteiger partial charge in [0.2, 0.25) is 0 Å². The molecule has 0 atom stereocenters. The summed E-state index contributed by atoms with van der Waals surface area (Å²) in [6.45, 7) is 2.68. The molecule has 1 N–H and O–H groups in total. The molecule has 4 amide bonds. The zero-order valence-electron chi connectivity index (χ0n) is 8.16. The highest BCUT2D eigenvalue weighted by molar-refractivity contribution is 5.94. The third-order valence-corrected chi connectivity index (χ3v) is 2.71. The van der Waals surface area contributed by atoms with E-state index in [0.29, 0.717) is 13.1 Å². The van der Waals surface area contributed by atoms with Crippen molar-refractivity contribution in [1.82, 2.24) is 15.1 Å². The van der Waals surface area contributed by atoms with Crippen LogP contribution >= 0.6 is 0 Å². The topological polar surface area (TPSA) is 52.7 Å². The zero-order chi connectivity index (χ0) is 9.97. The van der Waals surface area contributed by atoms with Crippen LogP contribution in [0.3, 0.4) is 0 Å². The first kappa shape index (κ1) is 9.30. The predicted molar refractivity (Wildman–Crippen MR) is 50.9 cm³/mol. The molecule has 0 aromatic heterocycles. The minimum atomic E-state index is -0.249. The van der Waals surface area contributed by atoms with E-state index in [-0.39, 0.29) is 12.1 Å². The van der Waals surface area contributed by atoms with Crippen LogP contribution in [-0.2, 0) is 0 Å². The second-order valence-corrected chi connectivity index (χ2v) is 3.71. The molecule has 78 valence electrons. The first-order chi connectivity index (χ1) is 6.79. The molecule has 14 heavy (non-hydrogen) atoms. The van der Waals surface area contributed by atoms with Gasteiger partial charge in [-0.1, -0.05) is 0 Å². The van der Waals surface area contributed by atoms with E-state index in [9.17, 15) is 9.59 Å². The molecule has 0 unspecified atom stereocenters. The number of hydrogen-bond acceptors (Lipinski definition) is 2. The smallest absolute Gasteiger partial charge is 0.328 e. The van der Waals surface area contributed by atoms with Gasteiger partial charge in [0.05, 0.1) is 0 Å². The molecule has 5 nitrogen and oxygen atoms in total. The van der Waals surface area contributed by atoms with E-state index in [1.54, 1.807) is 4.90 Å². The summed E-state index contributed by atoms with van der Waals surface area (Å²) in [7, 11) is 0. The van der Waals surface area contributed by atoms with E-state index < -0.39 is 0 Å². The summed E-state index contributed by atoms with van der Waals surface area (Å²) >= 11 is 0. The quantitative estimate of drug-likeness (QED) is 0.619. The van der Waals surface area contributed by atoms with Gasteiger partial charge in [0.15, 0.2) is 0 Å². The Kier molecular flexibility index (Phi) is 2.56. The molecule has 2 rings (SSSR count). The van der Waals surface area contributed by atoms with E-state index in [4.69, 9.17) is 0 Å². The fourth-order valence-electron chi connectivity index (χ4n) is 1.91. The average molecular weight is 197 g/mol. The number of carbonyl (C=O) groups is 2. The van der Waals surface area contributed by atoms with Gasteiger partial charge >= 0.3 is 12.1 Å². The van der Waals surface area contributed by atoms with Crippen molar-refractivity contribution in [3.63, 3.8) is 0 Å². The lowest BCUT2D eigenvalue weighted by Gasteiger charge is -2.29. The molecule has 2 heterocycles. The Morgan fingerprint density at radius 2 is 1.86 bits per heavy atom. The number of carbonyl (C=O) groups excluding carboxylic acids is 2. The molecule has 0 aromatic rings. The molecule has 2 fully saturated rings. The van der Waals surface area contributed by atoms with Gasteiger partial charge in [-0.25, -0.2) is 14.5 Å². The molecule has 0 radical (unpaired) electrons. The molecular weight excluding hydrogens is 182 g/mol. The van der Waals surface area contributed by atoms with Crippen LogP contribution in [-0.4, -0.2) is 48.0 Å². The number of likely N-dealkylation sites (tertiary alicyclic amines) is 1. The lowest BCUT2D eigenvalue weighted by Crippen LogP contribution is -2.46. The van der Waals surface area contributed by atoms with E-state index in [1.807, 2.05) is 0 Å². The number of imide groups is 1. The predicted octanol–water partition coefficient (Wildman–Crippen LogP) is 0.617. The molecule has 2 aliphatic rings. The Morgan fingerprint density at radius 3 is 2.43 bits per heavy atom. The molecule has 2 saturated heterocycles. The Hall–Kier alpha value is -1.26. The summed E-state index contributed by atoms with van der Waals surface area (Å²) in [6.07, 6.45) is 3.30. The number of nitrogens with zero attached hydrogens (tertiary/aromatic N) is 2. The summed E-state index contributed by atoms with van der Waals surface area (Å²) in [5.41, 5.74) is 0. The third-order valence-electron chi connectivity index (χ3n) is 2.71. The second kappa shape index (κ2) is 3.86. The van der Waals surface area contributed by atoms with Gasteiger partial charge in [-0.05, 0) is 19.3 Å². The van der Waals surface area contributed by atoms with Crippen molar-refractivity contribution in [3.8, 4) is 0 Å². The van der Waals surface area contributed by atoms with Gasteiger partial charge in [-0.2, -0.15) is 0 Å². The van der Waals surface area contributed by atoms with Crippen molar-refractivity contribution < 1.29 is 9.59 Å². The molecule has 0 aromatic carbocycles.